The number of hydrogen-bond donors (Lipinski definition) is 1. The molecule has 2 heterocycles. The molecule has 1 fully saturated rings. The van der Waals surface area contributed by atoms with E-state index in [0.29, 0.717) is 60.4 Å². The van der Waals surface area contributed by atoms with Crippen molar-refractivity contribution in [2.45, 2.75) is 26.7 Å². The van der Waals surface area contributed by atoms with Crippen molar-refractivity contribution in [3.63, 3.8) is 0 Å². The van der Waals surface area contributed by atoms with Crippen LogP contribution in [-0.2, 0) is 4.74 Å². The number of anilines is 2. The average Bonchev–Trinajstić information content (AvgIpc) is 2.81. The Morgan fingerprint density at radius 3 is 2.47 bits per heavy atom. The standard InChI is InChI=1S/C26H28FN3O2/c1-17(2)19-5-7-20(8-6-19)26(31)29-24-21(22-16-18(3)4-9-23(22)27)10-11-28-25(24)30-12-14-32-15-13-30/h4-11,16-17H,12-15H2,1-3H3,(H,29,31). The molecule has 3 aromatic rings. The zero-order valence-corrected chi connectivity index (χ0v) is 18.7. The number of nitrogens with one attached hydrogen (secondary N) is 1. The van der Waals surface area contributed by atoms with Crippen LogP contribution in [0.4, 0.5) is 15.9 Å². The van der Waals surface area contributed by atoms with Gasteiger partial charge in [-0.25, -0.2) is 9.37 Å². The monoisotopic (exact) mass is 433 g/mol. The maximum Gasteiger partial charge on any atom is 0.255 e. The van der Waals surface area contributed by atoms with Crippen molar-refractivity contribution in [2.75, 3.05) is 36.5 Å². The molecule has 0 unspecified atom stereocenters. The Bertz CT molecular complexity index is 1110. The molecule has 1 aliphatic heterocycles. The van der Waals surface area contributed by atoms with E-state index in [-0.39, 0.29) is 11.7 Å². The minimum atomic E-state index is -0.341. The van der Waals surface area contributed by atoms with Crippen LogP contribution in [-0.4, -0.2) is 37.2 Å². The number of benzene rings is 2. The Kier molecular flexibility index (Phi) is 6.51. The SMILES string of the molecule is Cc1ccc(F)c(-c2ccnc(N3CCOCC3)c2NC(=O)c2ccc(C(C)C)cc2)c1. The van der Waals surface area contributed by atoms with Gasteiger partial charge in [0.15, 0.2) is 5.82 Å². The molecule has 0 aliphatic carbocycles. The Hall–Kier alpha value is -3.25. The molecule has 1 saturated heterocycles. The highest BCUT2D eigenvalue weighted by Crippen LogP contribution is 2.37. The Balaban J connectivity index is 1.77. The van der Waals surface area contributed by atoms with Crippen molar-refractivity contribution in [1.82, 2.24) is 4.98 Å². The topological polar surface area (TPSA) is 54.5 Å². The highest BCUT2D eigenvalue weighted by Gasteiger charge is 2.23. The van der Waals surface area contributed by atoms with Crippen LogP contribution in [0.1, 0.15) is 41.3 Å². The summed E-state index contributed by atoms with van der Waals surface area (Å²) in [6.07, 6.45) is 1.66. The van der Waals surface area contributed by atoms with Crippen molar-refractivity contribution < 1.29 is 13.9 Å². The second-order valence-corrected chi connectivity index (χ2v) is 8.37. The molecule has 1 aromatic heterocycles. The minimum Gasteiger partial charge on any atom is -0.378 e. The first-order valence-electron chi connectivity index (χ1n) is 10.9. The second-order valence-electron chi connectivity index (χ2n) is 8.37. The highest BCUT2D eigenvalue weighted by molar-refractivity contribution is 6.08. The normalized spacial score (nSPS) is 14.0. The van der Waals surface area contributed by atoms with E-state index in [1.165, 1.54) is 11.6 Å². The van der Waals surface area contributed by atoms with E-state index in [2.05, 4.69) is 29.0 Å². The molecule has 1 aliphatic rings. The lowest BCUT2D eigenvalue weighted by Gasteiger charge is -2.30. The third-order valence-corrected chi connectivity index (χ3v) is 5.73. The van der Waals surface area contributed by atoms with E-state index in [1.807, 2.05) is 31.2 Å². The number of amides is 1. The van der Waals surface area contributed by atoms with Crippen molar-refractivity contribution in [2.24, 2.45) is 0 Å². The van der Waals surface area contributed by atoms with Gasteiger partial charge in [0.05, 0.1) is 18.9 Å². The van der Waals surface area contributed by atoms with Crippen LogP contribution in [0.2, 0.25) is 0 Å². The molecular weight excluding hydrogens is 405 g/mol. The number of carbonyl (C=O) groups excluding carboxylic acids is 1. The number of ether oxygens (including phenoxy) is 1. The molecule has 1 amide bonds. The Morgan fingerprint density at radius 2 is 1.78 bits per heavy atom. The number of hydrogen-bond acceptors (Lipinski definition) is 4. The van der Waals surface area contributed by atoms with E-state index in [0.717, 1.165) is 5.56 Å². The lowest BCUT2D eigenvalue weighted by molar-refractivity contribution is 0.102. The van der Waals surface area contributed by atoms with Gasteiger partial charge < -0.3 is 15.0 Å². The third kappa shape index (κ3) is 4.65. The molecule has 5 nitrogen and oxygen atoms in total. The maximum absolute atomic E-state index is 14.8. The summed E-state index contributed by atoms with van der Waals surface area (Å²) < 4.78 is 20.3. The van der Waals surface area contributed by atoms with Crippen LogP contribution in [0, 0.1) is 12.7 Å². The van der Waals surface area contributed by atoms with Gasteiger partial charge in [0.25, 0.3) is 5.91 Å². The fourth-order valence-corrected chi connectivity index (χ4v) is 3.86. The fourth-order valence-electron chi connectivity index (χ4n) is 3.86. The summed E-state index contributed by atoms with van der Waals surface area (Å²) in [7, 11) is 0. The smallest absolute Gasteiger partial charge is 0.255 e. The van der Waals surface area contributed by atoms with Crippen molar-refractivity contribution in [3.8, 4) is 11.1 Å². The fraction of sp³-hybridized carbons (Fsp3) is 0.308. The van der Waals surface area contributed by atoms with E-state index >= 15 is 0 Å². The van der Waals surface area contributed by atoms with Gasteiger partial charge >= 0.3 is 0 Å². The number of aromatic nitrogens is 1. The van der Waals surface area contributed by atoms with Crippen molar-refractivity contribution in [1.29, 1.82) is 0 Å². The van der Waals surface area contributed by atoms with Gasteiger partial charge in [-0.05, 0) is 48.7 Å². The quantitative estimate of drug-likeness (QED) is 0.585. The van der Waals surface area contributed by atoms with Gasteiger partial charge in [0, 0.05) is 36.0 Å². The van der Waals surface area contributed by atoms with Gasteiger partial charge in [-0.3, -0.25) is 4.79 Å². The first kappa shape index (κ1) is 22.0. The predicted octanol–water partition coefficient (Wildman–Crippen LogP) is 5.41. The summed E-state index contributed by atoms with van der Waals surface area (Å²) in [6, 6.07) is 14.3. The molecular formula is C26H28FN3O2. The summed E-state index contributed by atoms with van der Waals surface area (Å²) in [5.41, 5.74) is 4.20. The number of halogens is 1. The lowest BCUT2D eigenvalue weighted by atomic mass is 10.0. The van der Waals surface area contributed by atoms with E-state index in [9.17, 15) is 9.18 Å². The summed E-state index contributed by atoms with van der Waals surface area (Å²) >= 11 is 0. The molecule has 0 spiro atoms. The Labute approximate surface area is 188 Å². The number of aryl methyl sites for hydroxylation is 1. The zero-order valence-electron chi connectivity index (χ0n) is 18.7. The maximum atomic E-state index is 14.8. The van der Waals surface area contributed by atoms with Gasteiger partial charge in [0.1, 0.15) is 5.82 Å². The first-order valence-corrected chi connectivity index (χ1v) is 10.9. The van der Waals surface area contributed by atoms with Crippen LogP contribution < -0.4 is 10.2 Å². The number of rotatable bonds is 5. The van der Waals surface area contributed by atoms with Gasteiger partial charge in [-0.2, -0.15) is 0 Å². The molecule has 0 atom stereocenters. The third-order valence-electron chi connectivity index (χ3n) is 5.73. The first-order chi connectivity index (χ1) is 15.4. The van der Waals surface area contributed by atoms with E-state index in [4.69, 9.17) is 4.74 Å². The number of pyridine rings is 1. The zero-order chi connectivity index (χ0) is 22.7. The average molecular weight is 434 g/mol. The van der Waals surface area contributed by atoms with Crippen LogP contribution in [0.25, 0.3) is 11.1 Å². The van der Waals surface area contributed by atoms with Crippen LogP contribution in [0.3, 0.4) is 0 Å². The largest absolute Gasteiger partial charge is 0.378 e. The van der Waals surface area contributed by atoms with Crippen molar-refractivity contribution in [3.05, 3.63) is 77.2 Å². The molecule has 0 bridgehead atoms. The molecule has 6 heteroatoms. The summed E-state index contributed by atoms with van der Waals surface area (Å²) in [4.78, 5) is 19.8. The molecule has 0 saturated carbocycles. The lowest BCUT2D eigenvalue weighted by Crippen LogP contribution is -2.37. The molecule has 2 aromatic carbocycles. The van der Waals surface area contributed by atoms with Gasteiger partial charge in [0.2, 0.25) is 0 Å². The molecule has 166 valence electrons. The van der Waals surface area contributed by atoms with Gasteiger partial charge in [-0.1, -0.05) is 37.6 Å². The predicted molar refractivity (Wildman–Crippen MR) is 126 cm³/mol. The summed E-state index contributed by atoms with van der Waals surface area (Å²) in [5.74, 6) is 0.414. The van der Waals surface area contributed by atoms with Crippen LogP contribution in [0.15, 0.2) is 54.7 Å². The molecule has 0 radical (unpaired) electrons. The highest BCUT2D eigenvalue weighted by atomic mass is 19.1. The summed E-state index contributed by atoms with van der Waals surface area (Å²) in [6.45, 7) is 8.60. The molecule has 4 rings (SSSR count). The number of morpholine rings is 1. The van der Waals surface area contributed by atoms with Crippen molar-refractivity contribution >= 4 is 17.4 Å². The Morgan fingerprint density at radius 1 is 1.06 bits per heavy atom. The minimum absolute atomic E-state index is 0.253. The van der Waals surface area contributed by atoms with Crippen LogP contribution in [0.5, 0.6) is 0 Å². The van der Waals surface area contributed by atoms with E-state index < -0.39 is 0 Å². The molecule has 1 N–H and O–H groups in total. The number of carbonyl (C=O) groups is 1. The second kappa shape index (κ2) is 9.49. The van der Waals surface area contributed by atoms with Crippen LogP contribution >= 0.6 is 0 Å². The van der Waals surface area contributed by atoms with E-state index in [1.54, 1.807) is 24.4 Å². The summed E-state index contributed by atoms with van der Waals surface area (Å²) in [5, 5.41) is 3.04. The number of nitrogens with zero attached hydrogens (tertiary/aromatic N) is 2. The molecule has 32 heavy (non-hydrogen) atoms. The van der Waals surface area contributed by atoms with Gasteiger partial charge in [-0.15, -0.1) is 0 Å².